The summed E-state index contributed by atoms with van der Waals surface area (Å²) in [6.45, 7) is 5.50. The number of hydrogen-bond acceptors (Lipinski definition) is 4. The number of nitrogens with zero attached hydrogens (tertiary/aromatic N) is 2. The average Bonchev–Trinajstić information content (AvgIpc) is 2.64. The molecule has 0 saturated heterocycles. The van der Waals surface area contributed by atoms with E-state index in [1.54, 1.807) is 0 Å². The highest BCUT2D eigenvalue weighted by atomic mass is 32.1. The first kappa shape index (κ1) is 9.09. The smallest absolute Gasteiger partial charge is 0.0893 e. The maximum atomic E-state index is 4.00. The van der Waals surface area contributed by atoms with Crippen molar-refractivity contribution in [1.82, 2.24) is 14.9 Å². The number of hydrogen-bond donors (Lipinski definition) is 1. The Labute approximate surface area is 82.7 Å². The van der Waals surface area contributed by atoms with Crippen LogP contribution in [0.15, 0.2) is 5.38 Å². The van der Waals surface area contributed by atoms with E-state index in [-0.39, 0.29) is 0 Å². The Bertz CT molecular complexity index is 260. The molecule has 1 heterocycles. The Kier molecular flexibility index (Phi) is 2.60. The maximum absolute atomic E-state index is 4.00. The van der Waals surface area contributed by atoms with Gasteiger partial charge in [0.25, 0.3) is 0 Å². The standard InChI is InChI=1S/C9H15N3S/c1-6-3-9(7(6)2)10-4-8-5-13-12-11-8/h5-7,9-10H,3-4H2,1-2H3. The predicted octanol–water partition coefficient (Wildman–Crippen LogP) is 1.67. The molecule has 72 valence electrons. The molecule has 0 aliphatic heterocycles. The zero-order chi connectivity index (χ0) is 9.26. The lowest BCUT2D eigenvalue weighted by Gasteiger charge is -2.41. The summed E-state index contributed by atoms with van der Waals surface area (Å²) in [5.41, 5.74) is 1.07. The van der Waals surface area contributed by atoms with Gasteiger partial charge in [-0.05, 0) is 29.8 Å². The fourth-order valence-electron chi connectivity index (χ4n) is 1.80. The van der Waals surface area contributed by atoms with E-state index in [0.717, 1.165) is 24.1 Å². The number of nitrogens with one attached hydrogen (secondary N) is 1. The fourth-order valence-corrected chi connectivity index (χ4v) is 2.25. The lowest BCUT2D eigenvalue weighted by molar-refractivity contribution is 0.136. The molecule has 1 aliphatic rings. The van der Waals surface area contributed by atoms with Gasteiger partial charge in [-0.15, -0.1) is 5.10 Å². The monoisotopic (exact) mass is 197 g/mol. The van der Waals surface area contributed by atoms with Gasteiger partial charge < -0.3 is 5.32 Å². The maximum Gasteiger partial charge on any atom is 0.0893 e. The summed E-state index contributed by atoms with van der Waals surface area (Å²) >= 11 is 1.42. The number of aromatic nitrogens is 2. The second-order valence-corrected chi connectivity index (χ2v) is 4.57. The highest BCUT2D eigenvalue weighted by Crippen LogP contribution is 2.33. The van der Waals surface area contributed by atoms with Gasteiger partial charge in [0.2, 0.25) is 0 Å². The fraction of sp³-hybridized carbons (Fsp3) is 0.778. The Morgan fingerprint density at radius 3 is 3.00 bits per heavy atom. The zero-order valence-corrected chi connectivity index (χ0v) is 8.84. The minimum atomic E-state index is 0.691. The molecule has 0 bridgehead atoms. The van der Waals surface area contributed by atoms with Crippen LogP contribution in [0.5, 0.6) is 0 Å². The summed E-state index contributed by atoms with van der Waals surface area (Å²) in [6, 6.07) is 0.691. The lowest BCUT2D eigenvalue weighted by Crippen LogP contribution is -2.47. The highest BCUT2D eigenvalue weighted by molar-refractivity contribution is 7.03. The topological polar surface area (TPSA) is 37.8 Å². The molecule has 13 heavy (non-hydrogen) atoms. The van der Waals surface area contributed by atoms with E-state index in [4.69, 9.17) is 0 Å². The summed E-state index contributed by atoms with van der Waals surface area (Å²) in [5, 5.41) is 9.50. The van der Waals surface area contributed by atoms with Crippen molar-refractivity contribution in [2.45, 2.75) is 32.9 Å². The van der Waals surface area contributed by atoms with E-state index in [1.807, 2.05) is 5.38 Å². The predicted molar refractivity (Wildman–Crippen MR) is 53.5 cm³/mol. The van der Waals surface area contributed by atoms with Crippen molar-refractivity contribution < 1.29 is 0 Å². The molecular weight excluding hydrogens is 182 g/mol. The van der Waals surface area contributed by atoms with E-state index in [0.29, 0.717) is 6.04 Å². The Morgan fingerprint density at radius 2 is 2.46 bits per heavy atom. The van der Waals surface area contributed by atoms with E-state index in [9.17, 15) is 0 Å². The zero-order valence-electron chi connectivity index (χ0n) is 8.03. The highest BCUT2D eigenvalue weighted by Gasteiger charge is 2.33. The van der Waals surface area contributed by atoms with Gasteiger partial charge >= 0.3 is 0 Å². The van der Waals surface area contributed by atoms with Crippen LogP contribution in [0.1, 0.15) is 26.0 Å². The van der Waals surface area contributed by atoms with Gasteiger partial charge in [-0.1, -0.05) is 18.3 Å². The molecule has 2 rings (SSSR count). The molecule has 0 amide bonds. The van der Waals surface area contributed by atoms with Gasteiger partial charge in [0.1, 0.15) is 0 Å². The quantitative estimate of drug-likeness (QED) is 0.801. The first-order chi connectivity index (χ1) is 6.27. The summed E-state index contributed by atoms with van der Waals surface area (Å²) < 4.78 is 3.83. The minimum Gasteiger partial charge on any atom is -0.308 e. The first-order valence-corrected chi connectivity index (χ1v) is 5.60. The third-order valence-corrected chi connectivity index (χ3v) is 3.66. The average molecular weight is 197 g/mol. The van der Waals surface area contributed by atoms with Crippen molar-refractivity contribution in [3.63, 3.8) is 0 Å². The van der Waals surface area contributed by atoms with Crippen molar-refractivity contribution in [3.8, 4) is 0 Å². The second kappa shape index (κ2) is 3.72. The molecule has 1 aromatic heterocycles. The molecule has 0 radical (unpaired) electrons. The van der Waals surface area contributed by atoms with Crippen molar-refractivity contribution in [1.29, 1.82) is 0 Å². The van der Waals surface area contributed by atoms with E-state index < -0.39 is 0 Å². The third kappa shape index (κ3) is 1.89. The van der Waals surface area contributed by atoms with Crippen LogP contribution in [0.4, 0.5) is 0 Å². The molecule has 0 spiro atoms. The summed E-state index contributed by atoms with van der Waals surface area (Å²) in [7, 11) is 0. The molecule has 1 fully saturated rings. The van der Waals surface area contributed by atoms with Crippen LogP contribution in [-0.2, 0) is 6.54 Å². The molecule has 0 aromatic carbocycles. The van der Waals surface area contributed by atoms with Crippen molar-refractivity contribution >= 4 is 11.5 Å². The Hall–Kier alpha value is -0.480. The van der Waals surface area contributed by atoms with Crippen LogP contribution in [0.3, 0.4) is 0 Å². The molecule has 1 saturated carbocycles. The second-order valence-electron chi connectivity index (χ2n) is 3.96. The molecule has 3 nitrogen and oxygen atoms in total. The molecule has 3 atom stereocenters. The third-order valence-electron chi connectivity index (χ3n) is 3.11. The Morgan fingerprint density at radius 1 is 1.62 bits per heavy atom. The Balaban J connectivity index is 1.75. The lowest BCUT2D eigenvalue weighted by atomic mass is 9.71. The van der Waals surface area contributed by atoms with Crippen molar-refractivity contribution in [2.24, 2.45) is 11.8 Å². The largest absolute Gasteiger partial charge is 0.308 e. The van der Waals surface area contributed by atoms with Gasteiger partial charge in [-0.25, -0.2) is 0 Å². The minimum absolute atomic E-state index is 0.691. The molecule has 1 N–H and O–H groups in total. The van der Waals surface area contributed by atoms with Gasteiger partial charge in [0.15, 0.2) is 0 Å². The van der Waals surface area contributed by atoms with Gasteiger partial charge in [0, 0.05) is 18.0 Å². The van der Waals surface area contributed by atoms with Crippen LogP contribution in [-0.4, -0.2) is 15.6 Å². The van der Waals surface area contributed by atoms with Gasteiger partial charge in [-0.3, -0.25) is 0 Å². The molecular formula is C9H15N3S. The van der Waals surface area contributed by atoms with Crippen molar-refractivity contribution in [2.75, 3.05) is 0 Å². The van der Waals surface area contributed by atoms with E-state index in [2.05, 4.69) is 28.8 Å². The van der Waals surface area contributed by atoms with Crippen LogP contribution < -0.4 is 5.32 Å². The molecule has 1 aliphatic carbocycles. The van der Waals surface area contributed by atoms with E-state index in [1.165, 1.54) is 18.0 Å². The van der Waals surface area contributed by atoms with Crippen LogP contribution >= 0.6 is 11.5 Å². The number of rotatable bonds is 3. The van der Waals surface area contributed by atoms with Crippen LogP contribution in [0, 0.1) is 11.8 Å². The summed E-state index contributed by atoms with van der Waals surface area (Å²) in [4.78, 5) is 0. The first-order valence-electron chi connectivity index (χ1n) is 4.76. The van der Waals surface area contributed by atoms with E-state index >= 15 is 0 Å². The molecule has 4 heteroatoms. The summed E-state index contributed by atoms with van der Waals surface area (Å²) in [5.74, 6) is 1.69. The molecule has 1 aromatic rings. The normalized spacial score (nSPS) is 32.9. The van der Waals surface area contributed by atoms with Gasteiger partial charge in [0.05, 0.1) is 5.69 Å². The molecule has 3 unspecified atom stereocenters. The van der Waals surface area contributed by atoms with Crippen LogP contribution in [0.25, 0.3) is 0 Å². The van der Waals surface area contributed by atoms with Crippen molar-refractivity contribution in [3.05, 3.63) is 11.1 Å². The van der Waals surface area contributed by atoms with Gasteiger partial charge in [-0.2, -0.15) is 0 Å². The summed E-state index contributed by atoms with van der Waals surface area (Å²) in [6.07, 6.45) is 1.30. The van der Waals surface area contributed by atoms with Crippen LogP contribution in [0.2, 0.25) is 0 Å². The SMILES string of the molecule is CC1CC(NCc2csnn2)C1C.